The number of rotatable bonds is 6. The first-order chi connectivity index (χ1) is 15.6. The molecular weight excluding hydrogens is 411 g/mol. The van der Waals surface area contributed by atoms with Crippen LogP contribution in [0.5, 0.6) is 11.5 Å². The van der Waals surface area contributed by atoms with Crippen LogP contribution in [-0.4, -0.2) is 77.3 Å². The van der Waals surface area contributed by atoms with E-state index in [1.54, 1.807) is 35.4 Å². The van der Waals surface area contributed by atoms with Gasteiger partial charge in [-0.05, 0) is 48.7 Å². The minimum absolute atomic E-state index is 0.0982. The third-order valence-electron chi connectivity index (χ3n) is 5.74. The van der Waals surface area contributed by atoms with E-state index in [1.807, 2.05) is 4.90 Å². The molecule has 2 aromatic rings. The molecule has 0 atom stereocenters. The predicted molar refractivity (Wildman–Crippen MR) is 119 cm³/mol. The summed E-state index contributed by atoms with van der Waals surface area (Å²) < 4.78 is 19.8. The summed E-state index contributed by atoms with van der Waals surface area (Å²) in [5.74, 6) is 0.0960. The maximum Gasteiger partial charge on any atom is 0.246 e. The molecule has 0 spiro atoms. The van der Waals surface area contributed by atoms with Crippen molar-refractivity contribution in [2.24, 2.45) is 0 Å². The Morgan fingerprint density at radius 2 is 1.81 bits per heavy atom. The fraction of sp³-hybridized carbons (Fsp3) is 0.375. The highest BCUT2D eigenvalue weighted by atomic mass is 19.1. The fourth-order valence-corrected chi connectivity index (χ4v) is 3.90. The number of hydrogen-bond donors (Lipinski definition) is 0. The van der Waals surface area contributed by atoms with Gasteiger partial charge in [-0.15, -0.1) is 0 Å². The van der Waals surface area contributed by atoms with E-state index in [2.05, 4.69) is 9.88 Å². The zero-order valence-electron chi connectivity index (χ0n) is 18.0. The van der Waals surface area contributed by atoms with Crippen LogP contribution in [0.15, 0.2) is 48.8 Å². The van der Waals surface area contributed by atoms with E-state index in [0.29, 0.717) is 44.0 Å². The Kier molecular flexibility index (Phi) is 7.11. The lowest BCUT2D eigenvalue weighted by Crippen LogP contribution is -2.51. The SMILES string of the molecule is O=C(/C=C/c1ccc(Oc2cccnc2)c(F)c1)N1CCN(CC(=O)N2CCCC2)CC1. The van der Waals surface area contributed by atoms with Crippen LogP contribution in [0.4, 0.5) is 4.39 Å². The van der Waals surface area contributed by atoms with E-state index in [1.165, 1.54) is 24.4 Å². The Morgan fingerprint density at radius 1 is 1.03 bits per heavy atom. The normalized spacial score (nSPS) is 17.2. The molecule has 168 valence electrons. The summed E-state index contributed by atoms with van der Waals surface area (Å²) >= 11 is 0. The number of benzene rings is 1. The number of hydrogen-bond acceptors (Lipinski definition) is 5. The summed E-state index contributed by atoms with van der Waals surface area (Å²) in [6.45, 7) is 4.64. The summed E-state index contributed by atoms with van der Waals surface area (Å²) in [4.78, 5) is 34.5. The zero-order valence-corrected chi connectivity index (χ0v) is 18.0. The van der Waals surface area contributed by atoms with Gasteiger partial charge < -0.3 is 14.5 Å². The van der Waals surface area contributed by atoms with Crippen LogP contribution in [0, 0.1) is 5.82 Å². The number of nitrogens with zero attached hydrogens (tertiary/aromatic N) is 4. The van der Waals surface area contributed by atoms with E-state index in [-0.39, 0.29) is 17.6 Å². The first-order valence-electron chi connectivity index (χ1n) is 10.9. The molecule has 0 saturated carbocycles. The standard InChI is InChI=1S/C24H27FN4O3/c25-21-16-19(5-7-22(21)32-20-4-3-9-26-17-20)6-8-23(30)29-14-12-27(13-15-29)18-24(31)28-10-1-2-11-28/h3-9,16-17H,1-2,10-15,18H2/b8-6+. The van der Waals surface area contributed by atoms with Gasteiger partial charge >= 0.3 is 0 Å². The van der Waals surface area contributed by atoms with Crippen molar-refractivity contribution in [3.8, 4) is 11.5 Å². The number of aromatic nitrogens is 1. The van der Waals surface area contributed by atoms with Crippen molar-refractivity contribution in [1.29, 1.82) is 0 Å². The molecule has 0 radical (unpaired) electrons. The van der Waals surface area contributed by atoms with Crippen molar-refractivity contribution in [2.45, 2.75) is 12.8 Å². The molecule has 0 aliphatic carbocycles. The van der Waals surface area contributed by atoms with Crippen LogP contribution in [0.25, 0.3) is 6.08 Å². The lowest BCUT2D eigenvalue weighted by molar-refractivity contribution is -0.132. The van der Waals surface area contributed by atoms with E-state index in [0.717, 1.165) is 25.9 Å². The van der Waals surface area contributed by atoms with Crippen LogP contribution >= 0.6 is 0 Å². The van der Waals surface area contributed by atoms with Crippen LogP contribution in [-0.2, 0) is 9.59 Å². The Hall–Kier alpha value is -3.26. The average molecular weight is 439 g/mol. The van der Waals surface area contributed by atoms with Gasteiger partial charge in [0.2, 0.25) is 11.8 Å². The van der Waals surface area contributed by atoms with Gasteiger partial charge in [-0.25, -0.2) is 4.39 Å². The Labute approximate surface area is 187 Å². The molecule has 0 unspecified atom stereocenters. The quantitative estimate of drug-likeness (QED) is 0.649. The smallest absolute Gasteiger partial charge is 0.246 e. The van der Waals surface area contributed by atoms with Crippen molar-refractivity contribution in [1.82, 2.24) is 19.7 Å². The highest BCUT2D eigenvalue weighted by Gasteiger charge is 2.24. The van der Waals surface area contributed by atoms with Gasteiger partial charge in [0.05, 0.1) is 12.7 Å². The largest absolute Gasteiger partial charge is 0.453 e. The number of amides is 2. The first kappa shape index (κ1) is 22.0. The summed E-state index contributed by atoms with van der Waals surface area (Å²) in [5, 5.41) is 0. The maximum absolute atomic E-state index is 14.4. The molecule has 1 aromatic heterocycles. The second-order valence-electron chi connectivity index (χ2n) is 8.00. The number of halogens is 1. The lowest BCUT2D eigenvalue weighted by atomic mass is 10.2. The second kappa shape index (κ2) is 10.4. The van der Waals surface area contributed by atoms with Crippen LogP contribution in [0.1, 0.15) is 18.4 Å². The van der Waals surface area contributed by atoms with Crippen LogP contribution < -0.4 is 4.74 Å². The van der Waals surface area contributed by atoms with Gasteiger partial charge in [-0.1, -0.05) is 6.07 Å². The Bertz CT molecular complexity index is 968. The van der Waals surface area contributed by atoms with Crippen molar-refractivity contribution < 1.29 is 18.7 Å². The summed E-state index contributed by atoms with van der Waals surface area (Å²) in [6, 6.07) is 7.96. The zero-order chi connectivity index (χ0) is 22.3. The number of carbonyl (C=O) groups is 2. The van der Waals surface area contributed by atoms with Gasteiger partial charge in [-0.2, -0.15) is 0 Å². The highest BCUT2D eigenvalue weighted by molar-refractivity contribution is 5.91. The molecule has 2 saturated heterocycles. The summed E-state index contributed by atoms with van der Waals surface area (Å²) in [7, 11) is 0. The maximum atomic E-state index is 14.4. The number of ether oxygens (including phenoxy) is 1. The third-order valence-corrected chi connectivity index (χ3v) is 5.74. The average Bonchev–Trinajstić information content (AvgIpc) is 3.36. The fourth-order valence-electron chi connectivity index (χ4n) is 3.90. The Morgan fingerprint density at radius 3 is 2.50 bits per heavy atom. The van der Waals surface area contributed by atoms with Gasteiger partial charge in [0.25, 0.3) is 0 Å². The number of piperazine rings is 1. The topological polar surface area (TPSA) is 66.0 Å². The third kappa shape index (κ3) is 5.70. The highest BCUT2D eigenvalue weighted by Crippen LogP contribution is 2.25. The van der Waals surface area contributed by atoms with Crippen molar-refractivity contribution in [3.05, 3.63) is 60.2 Å². The van der Waals surface area contributed by atoms with E-state index >= 15 is 0 Å². The van der Waals surface area contributed by atoms with Crippen LogP contribution in [0.2, 0.25) is 0 Å². The van der Waals surface area contributed by atoms with Gasteiger partial charge in [0.1, 0.15) is 5.75 Å². The van der Waals surface area contributed by atoms with Gasteiger partial charge in [0.15, 0.2) is 11.6 Å². The second-order valence-corrected chi connectivity index (χ2v) is 8.00. The monoisotopic (exact) mass is 438 g/mol. The minimum Gasteiger partial charge on any atom is -0.453 e. The molecule has 1 aromatic carbocycles. The molecule has 2 aliphatic heterocycles. The molecule has 2 amide bonds. The molecule has 4 rings (SSSR count). The molecule has 7 nitrogen and oxygen atoms in total. The van der Waals surface area contributed by atoms with Gasteiger partial charge in [0, 0.05) is 51.5 Å². The van der Waals surface area contributed by atoms with Gasteiger partial charge in [-0.3, -0.25) is 19.5 Å². The van der Waals surface area contributed by atoms with E-state index in [4.69, 9.17) is 4.74 Å². The Balaban J connectivity index is 1.26. The molecule has 3 heterocycles. The first-order valence-corrected chi connectivity index (χ1v) is 10.9. The predicted octanol–water partition coefficient (Wildman–Crippen LogP) is 2.79. The number of pyridine rings is 1. The number of likely N-dealkylation sites (tertiary alicyclic amines) is 1. The molecule has 32 heavy (non-hydrogen) atoms. The van der Waals surface area contributed by atoms with E-state index in [9.17, 15) is 14.0 Å². The molecule has 2 aliphatic rings. The molecular formula is C24H27FN4O3. The van der Waals surface area contributed by atoms with E-state index < -0.39 is 5.82 Å². The van der Waals surface area contributed by atoms with Crippen LogP contribution in [0.3, 0.4) is 0 Å². The number of carbonyl (C=O) groups excluding carboxylic acids is 2. The van der Waals surface area contributed by atoms with Crippen molar-refractivity contribution in [2.75, 3.05) is 45.8 Å². The summed E-state index contributed by atoms with van der Waals surface area (Å²) in [5.41, 5.74) is 0.573. The van der Waals surface area contributed by atoms with Crippen molar-refractivity contribution >= 4 is 17.9 Å². The lowest BCUT2D eigenvalue weighted by Gasteiger charge is -2.34. The molecule has 0 bridgehead atoms. The molecule has 0 N–H and O–H groups in total. The molecule has 8 heteroatoms. The van der Waals surface area contributed by atoms with Crippen molar-refractivity contribution in [3.63, 3.8) is 0 Å². The minimum atomic E-state index is -0.514. The summed E-state index contributed by atoms with van der Waals surface area (Å²) in [6.07, 6.45) is 8.36. The molecule has 2 fully saturated rings.